The second-order valence-electron chi connectivity index (χ2n) is 7.29. The molecule has 1 atom stereocenters. The van der Waals surface area contributed by atoms with E-state index in [2.05, 4.69) is 6.92 Å². The van der Waals surface area contributed by atoms with Crippen molar-refractivity contribution >= 4 is 5.97 Å². The summed E-state index contributed by atoms with van der Waals surface area (Å²) < 4.78 is 0. The SMILES string of the molecule is CCCCCCCCCCCCCCCCC(CCCO)C(=O)O. The smallest absolute Gasteiger partial charge is 0.306 e. The maximum atomic E-state index is 11.1. The minimum absolute atomic E-state index is 0.0997. The van der Waals surface area contributed by atoms with Crippen LogP contribution in [0.5, 0.6) is 0 Å². The van der Waals surface area contributed by atoms with Crippen molar-refractivity contribution in [2.45, 2.75) is 116 Å². The van der Waals surface area contributed by atoms with Crippen LogP contribution in [0.1, 0.15) is 116 Å². The van der Waals surface area contributed by atoms with Crippen molar-refractivity contribution in [3.63, 3.8) is 0 Å². The van der Waals surface area contributed by atoms with Crippen molar-refractivity contribution in [2.24, 2.45) is 5.92 Å². The number of aliphatic hydroxyl groups excluding tert-OH is 1. The fraction of sp³-hybridized carbons (Fsp3) is 0.952. The van der Waals surface area contributed by atoms with E-state index in [1.165, 1.54) is 77.0 Å². The van der Waals surface area contributed by atoms with Gasteiger partial charge in [0.25, 0.3) is 0 Å². The number of hydrogen-bond donors (Lipinski definition) is 2. The number of carboxylic acid groups (broad SMARTS) is 1. The average Bonchev–Trinajstić information content (AvgIpc) is 2.57. The van der Waals surface area contributed by atoms with Crippen LogP contribution in [0.3, 0.4) is 0 Å². The fourth-order valence-corrected chi connectivity index (χ4v) is 3.31. The highest BCUT2D eigenvalue weighted by Gasteiger charge is 2.15. The molecule has 0 amide bonds. The monoisotopic (exact) mass is 342 g/mol. The van der Waals surface area contributed by atoms with Gasteiger partial charge in [-0.1, -0.05) is 96.8 Å². The Hall–Kier alpha value is -0.570. The number of rotatable bonds is 19. The molecule has 1 unspecified atom stereocenters. The topological polar surface area (TPSA) is 57.5 Å². The van der Waals surface area contributed by atoms with Gasteiger partial charge in [0.05, 0.1) is 5.92 Å². The number of aliphatic carboxylic acids is 1. The first-order valence-corrected chi connectivity index (χ1v) is 10.6. The first kappa shape index (κ1) is 23.4. The lowest BCUT2D eigenvalue weighted by Gasteiger charge is -2.11. The van der Waals surface area contributed by atoms with Crippen LogP contribution in [0.4, 0.5) is 0 Å². The van der Waals surface area contributed by atoms with E-state index in [9.17, 15) is 4.79 Å². The molecule has 0 aromatic heterocycles. The Morgan fingerprint density at radius 3 is 1.42 bits per heavy atom. The molecule has 0 spiro atoms. The summed E-state index contributed by atoms with van der Waals surface area (Å²) in [6.45, 7) is 2.37. The van der Waals surface area contributed by atoms with E-state index in [1.54, 1.807) is 0 Å². The van der Waals surface area contributed by atoms with Gasteiger partial charge >= 0.3 is 5.97 Å². The molecule has 0 bridgehead atoms. The molecule has 0 fully saturated rings. The summed E-state index contributed by atoms with van der Waals surface area (Å²) in [5.74, 6) is -0.951. The van der Waals surface area contributed by atoms with E-state index < -0.39 is 5.97 Å². The lowest BCUT2D eigenvalue weighted by molar-refractivity contribution is -0.142. The van der Waals surface area contributed by atoms with Gasteiger partial charge in [0.2, 0.25) is 0 Å². The zero-order valence-electron chi connectivity index (χ0n) is 16.1. The van der Waals surface area contributed by atoms with Gasteiger partial charge in [-0.3, -0.25) is 4.79 Å². The van der Waals surface area contributed by atoms with Crippen LogP contribution in [0.15, 0.2) is 0 Å². The molecule has 3 heteroatoms. The predicted octanol–water partition coefficient (Wildman–Crippen LogP) is 6.33. The van der Waals surface area contributed by atoms with Crippen LogP contribution in [-0.4, -0.2) is 22.8 Å². The summed E-state index contributed by atoms with van der Waals surface area (Å²) in [7, 11) is 0. The average molecular weight is 343 g/mol. The van der Waals surface area contributed by atoms with Crippen molar-refractivity contribution < 1.29 is 15.0 Å². The van der Waals surface area contributed by atoms with Crippen LogP contribution in [0.25, 0.3) is 0 Å². The van der Waals surface area contributed by atoms with Crippen LogP contribution in [0.2, 0.25) is 0 Å². The van der Waals surface area contributed by atoms with E-state index in [0.717, 1.165) is 19.3 Å². The van der Waals surface area contributed by atoms with Crippen molar-refractivity contribution in [1.29, 1.82) is 0 Å². The standard InChI is InChI=1S/C21H42O3/c1-2-3-4-5-6-7-8-9-10-11-12-13-14-15-17-20(21(23)24)18-16-19-22/h20,22H,2-19H2,1H3,(H,23,24). The molecule has 0 aliphatic rings. The highest BCUT2D eigenvalue weighted by molar-refractivity contribution is 5.69. The fourth-order valence-electron chi connectivity index (χ4n) is 3.31. The van der Waals surface area contributed by atoms with Gasteiger partial charge in [0.1, 0.15) is 0 Å². The minimum atomic E-state index is -0.696. The molecule has 0 aromatic rings. The summed E-state index contributed by atoms with van der Waals surface area (Å²) in [5.41, 5.74) is 0. The molecule has 144 valence electrons. The quantitative estimate of drug-likeness (QED) is 0.270. The Morgan fingerprint density at radius 1 is 0.667 bits per heavy atom. The molecular weight excluding hydrogens is 300 g/mol. The Morgan fingerprint density at radius 2 is 1.04 bits per heavy atom. The Bertz CT molecular complexity index is 266. The third kappa shape index (κ3) is 16.3. The molecule has 0 aliphatic heterocycles. The van der Waals surface area contributed by atoms with Crippen molar-refractivity contribution in [3.8, 4) is 0 Å². The Kier molecular flexibility index (Phi) is 18.3. The number of aliphatic hydroxyl groups is 1. The second kappa shape index (κ2) is 18.8. The maximum Gasteiger partial charge on any atom is 0.306 e. The van der Waals surface area contributed by atoms with Crippen LogP contribution in [0, 0.1) is 5.92 Å². The van der Waals surface area contributed by atoms with Gasteiger partial charge < -0.3 is 10.2 Å². The summed E-state index contributed by atoms with van der Waals surface area (Å²) >= 11 is 0. The van der Waals surface area contributed by atoms with Gasteiger partial charge in [0, 0.05) is 6.61 Å². The molecular formula is C21H42O3. The van der Waals surface area contributed by atoms with E-state index in [4.69, 9.17) is 10.2 Å². The highest BCUT2D eigenvalue weighted by atomic mass is 16.4. The molecule has 2 N–H and O–H groups in total. The zero-order chi connectivity index (χ0) is 17.9. The summed E-state index contributed by atoms with van der Waals surface area (Å²) in [6, 6.07) is 0. The lowest BCUT2D eigenvalue weighted by Crippen LogP contribution is -2.14. The first-order valence-electron chi connectivity index (χ1n) is 10.6. The van der Waals surface area contributed by atoms with E-state index in [1.807, 2.05) is 0 Å². The van der Waals surface area contributed by atoms with Crippen molar-refractivity contribution in [3.05, 3.63) is 0 Å². The predicted molar refractivity (Wildman–Crippen MR) is 102 cm³/mol. The molecule has 0 aliphatic carbocycles. The molecule has 0 heterocycles. The summed E-state index contributed by atoms with van der Waals surface area (Å²) in [6.07, 6.45) is 20.6. The summed E-state index contributed by atoms with van der Waals surface area (Å²) in [5, 5.41) is 17.9. The number of unbranched alkanes of at least 4 members (excludes halogenated alkanes) is 13. The molecule has 0 saturated heterocycles. The maximum absolute atomic E-state index is 11.1. The van der Waals surface area contributed by atoms with Crippen LogP contribution in [-0.2, 0) is 4.79 Å². The first-order chi connectivity index (χ1) is 11.7. The largest absolute Gasteiger partial charge is 0.481 e. The van der Waals surface area contributed by atoms with Gasteiger partial charge in [0.15, 0.2) is 0 Å². The molecule has 0 radical (unpaired) electrons. The van der Waals surface area contributed by atoms with Gasteiger partial charge in [-0.25, -0.2) is 0 Å². The Labute approximate surface area is 150 Å². The van der Waals surface area contributed by atoms with Gasteiger partial charge in [-0.05, 0) is 19.3 Å². The molecule has 0 aromatic carbocycles. The molecule has 24 heavy (non-hydrogen) atoms. The normalized spacial score (nSPS) is 12.4. The van der Waals surface area contributed by atoms with Gasteiger partial charge in [-0.15, -0.1) is 0 Å². The molecule has 0 rings (SSSR count). The number of carbonyl (C=O) groups is 1. The highest BCUT2D eigenvalue weighted by Crippen LogP contribution is 2.18. The molecule has 0 saturated carbocycles. The van der Waals surface area contributed by atoms with Crippen LogP contribution >= 0.6 is 0 Å². The lowest BCUT2D eigenvalue weighted by atomic mass is 9.96. The van der Waals surface area contributed by atoms with Crippen molar-refractivity contribution in [1.82, 2.24) is 0 Å². The van der Waals surface area contributed by atoms with E-state index in [-0.39, 0.29) is 12.5 Å². The zero-order valence-corrected chi connectivity index (χ0v) is 16.1. The second-order valence-corrected chi connectivity index (χ2v) is 7.29. The van der Waals surface area contributed by atoms with Gasteiger partial charge in [-0.2, -0.15) is 0 Å². The number of hydrogen-bond acceptors (Lipinski definition) is 2. The van der Waals surface area contributed by atoms with Crippen LogP contribution < -0.4 is 0 Å². The molecule has 3 nitrogen and oxygen atoms in total. The summed E-state index contributed by atoms with van der Waals surface area (Å²) in [4.78, 5) is 11.1. The minimum Gasteiger partial charge on any atom is -0.481 e. The van der Waals surface area contributed by atoms with Crippen molar-refractivity contribution in [2.75, 3.05) is 6.61 Å². The van der Waals surface area contributed by atoms with E-state index >= 15 is 0 Å². The third-order valence-corrected chi connectivity index (χ3v) is 4.97. The number of carboxylic acids is 1. The third-order valence-electron chi connectivity index (χ3n) is 4.97. The Balaban J connectivity index is 3.25. The van der Waals surface area contributed by atoms with E-state index in [0.29, 0.717) is 12.8 Å².